The summed E-state index contributed by atoms with van der Waals surface area (Å²) >= 11 is 0. The van der Waals surface area contributed by atoms with Crippen molar-refractivity contribution in [3.63, 3.8) is 0 Å². The van der Waals surface area contributed by atoms with Gasteiger partial charge in [0, 0.05) is 18.5 Å². The Labute approximate surface area is 151 Å². The van der Waals surface area contributed by atoms with Gasteiger partial charge in [-0.05, 0) is 35.7 Å². The maximum absolute atomic E-state index is 13.1. The topological polar surface area (TPSA) is 76.1 Å². The summed E-state index contributed by atoms with van der Waals surface area (Å²) in [7, 11) is 0. The number of hydrogen-bond acceptors (Lipinski definition) is 4. The largest absolute Gasteiger partial charge is 0.490 e. The molecule has 0 spiro atoms. The van der Waals surface area contributed by atoms with E-state index in [1.807, 2.05) is 12.1 Å². The Morgan fingerprint density at radius 1 is 1.04 bits per heavy atom. The van der Waals surface area contributed by atoms with Gasteiger partial charge in [0.25, 0.3) is 5.91 Å². The van der Waals surface area contributed by atoms with E-state index in [2.05, 4.69) is 0 Å². The maximum atomic E-state index is 13.1. The molecule has 0 radical (unpaired) electrons. The van der Waals surface area contributed by atoms with Crippen LogP contribution in [0.25, 0.3) is 0 Å². The normalized spacial score (nSPS) is 18.6. The van der Waals surface area contributed by atoms with Crippen LogP contribution in [0.2, 0.25) is 0 Å². The van der Waals surface area contributed by atoms with Crippen molar-refractivity contribution in [3.8, 4) is 11.5 Å². The van der Waals surface area contributed by atoms with Crippen molar-refractivity contribution in [1.29, 1.82) is 0 Å². The van der Waals surface area contributed by atoms with E-state index >= 15 is 0 Å². The van der Waals surface area contributed by atoms with E-state index in [-0.39, 0.29) is 5.91 Å². The van der Waals surface area contributed by atoms with Crippen molar-refractivity contribution in [2.75, 3.05) is 19.8 Å². The molecule has 0 saturated carbocycles. The summed E-state index contributed by atoms with van der Waals surface area (Å²) in [6, 6.07) is 11.4. The number of hydrogen-bond donors (Lipinski definition) is 1. The molecule has 6 heteroatoms. The Morgan fingerprint density at radius 2 is 1.81 bits per heavy atom. The van der Waals surface area contributed by atoms with Crippen LogP contribution < -0.4 is 9.47 Å². The summed E-state index contributed by atoms with van der Waals surface area (Å²) in [5, 5.41) is 9.74. The first-order valence-electron chi connectivity index (χ1n) is 8.66. The summed E-state index contributed by atoms with van der Waals surface area (Å²) in [4.78, 5) is 26.4. The van der Waals surface area contributed by atoms with Crippen LogP contribution in [0, 0.1) is 0 Å². The Bertz CT molecular complexity index is 863. The molecule has 1 atom stereocenters. The Kier molecular flexibility index (Phi) is 4.24. The predicted octanol–water partition coefficient (Wildman–Crippen LogP) is 2.67. The van der Waals surface area contributed by atoms with Gasteiger partial charge in [0.15, 0.2) is 17.5 Å². The van der Waals surface area contributed by atoms with Crippen LogP contribution in [-0.4, -0.2) is 41.6 Å². The highest BCUT2D eigenvalue weighted by molar-refractivity contribution is 5.97. The molecule has 6 nitrogen and oxygen atoms in total. The number of nitrogens with zero attached hydrogens (tertiary/aromatic N) is 1. The highest BCUT2D eigenvalue weighted by atomic mass is 16.5. The molecular formula is C20H19NO5. The van der Waals surface area contributed by atoms with Crippen LogP contribution in [0.15, 0.2) is 42.5 Å². The van der Waals surface area contributed by atoms with Gasteiger partial charge in [0.05, 0.1) is 13.2 Å². The number of carbonyl (C=O) groups is 2. The zero-order valence-corrected chi connectivity index (χ0v) is 14.2. The molecule has 2 aromatic rings. The molecule has 4 rings (SSSR count). The van der Waals surface area contributed by atoms with E-state index in [1.165, 1.54) is 4.90 Å². The first-order chi connectivity index (χ1) is 12.6. The third kappa shape index (κ3) is 2.87. The van der Waals surface area contributed by atoms with Crippen LogP contribution >= 0.6 is 0 Å². The average molecular weight is 353 g/mol. The fraction of sp³-hybridized carbons (Fsp3) is 0.300. The molecule has 1 amide bonds. The SMILES string of the molecule is O=C(O)C1c2ccccc2CCN1C(=O)c1ccc2c(c1)OCCCO2. The quantitative estimate of drug-likeness (QED) is 0.898. The van der Waals surface area contributed by atoms with E-state index in [0.717, 1.165) is 12.0 Å². The van der Waals surface area contributed by atoms with Gasteiger partial charge >= 0.3 is 5.97 Å². The number of benzene rings is 2. The van der Waals surface area contributed by atoms with Gasteiger partial charge in [-0.2, -0.15) is 0 Å². The fourth-order valence-electron chi connectivity index (χ4n) is 3.51. The second-order valence-electron chi connectivity index (χ2n) is 6.40. The Balaban J connectivity index is 1.67. The minimum Gasteiger partial charge on any atom is -0.490 e. The monoisotopic (exact) mass is 353 g/mol. The van der Waals surface area contributed by atoms with Crippen molar-refractivity contribution in [2.45, 2.75) is 18.9 Å². The van der Waals surface area contributed by atoms with E-state index in [0.29, 0.717) is 48.8 Å². The van der Waals surface area contributed by atoms with Crippen molar-refractivity contribution in [1.82, 2.24) is 4.90 Å². The van der Waals surface area contributed by atoms with Crippen molar-refractivity contribution in [2.24, 2.45) is 0 Å². The lowest BCUT2D eigenvalue weighted by molar-refractivity contribution is -0.143. The zero-order valence-electron chi connectivity index (χ0n) is 14.2. The molecule has 0 fully saturated rings. The van der Waals surface area contributed by atoms with Gasteiger partial charge in [-0.15, -0.1) is 0 Å². The molecular weight excluding hydrogens is 334 g/mol. The summed E-state index contributed by atoms with van der Waals surface area (Å²) in [6.07, 6.45) is 1.41. The van der Waals surface area contributed by atoms with Gasteiger partial charge in [-0.25, -0.2) is 4.79 Å². The molecule has 134 valence electrons. The number of amides is 1. The molecule has 0 bridgehead atoms. The fourth-order valence-corrected chi connectivity index (χ4v) is 3.51. The second kappa shape index (κ2) is 6.71. The molecule has 0 aliphatic carbocycles. The van der Waals surface area contributed by atoms with Crippen molar-refractivity contribution >= 4 is 11.9 Å². The van der Waals surface area contributed by atoms with Gasteiger partial charge in [0.2, 0.25) is 0 Å². The Morgan fingerprint density at radius 3 is 2.62 bits per heavy atom. The number of carboxylic acids is 1. The number of carboxylic acid groups (broad SMARTS) is 1. The minimum atomic E-state index is -1.03. The number of rotatable bonds is 2. The molecule has 1 unspecified atom stereocenters. The minimum absolute atomic E-state index is 0.317. The van der Waals surface area contributed by atoms with Gasteiger partial charge < -0.3 is 19.5 Å². The summed E-state index contributed by atoms with van der Waals surface area (Å²) in [5.41, 5.74) is 2.05. The van der Waals surface area contributed by atoms with Crippen LogP contribution in [-0.2, 0) is 11.2 Å². The molecule has 26 heavy (non-hydrogen) atoms. The van der Waals surface area contributed by atoms with E-state index < -0.39 is 12.0 Å². The van der Waals surface area contributed by atoms with Crippen LogP contribution in [0.1, 0.15) is 33.9 Å². The van der Waals surface area contributed by atoms with Crippen LogP contribution in [0.4, 0.5) is 0 Å². The lowest BCUT2D eigenvalue weighted by Crippen LogP contribution is -2.43. The predicted molar refractivity (Wildman–Crippen MR) is 93.6 cm³/mol. The third-order valence-corrected chi connectivity index (χ3v) is 4.77. The van der Waals surface area contributed by atoms with E-state index in [9.17, 15) is 14.7 Å². The standard InChI is InChI=1S/C20H19NO5/c22-19(14-6-7-16-17(12-14)26-11-3-10-25-16)21-9-8-13-4-1-2-5-15(13)18(21)20(23)24/h1-2,4-7,12,18H,3,8-11H2,(H,23,24). The number of fused-ring (bicyclic) bond motifs is 2. The first-order valence-corrected chi connectivity index (χ1v) is 8.66. The number of carbonyl (C=O) groups excluding carboxylic acids is 1. The van der Waals surface area contributed by atoms with E-state index in [1.54, 1.807) is 30.3 Å². The highest BCUT2D eigenvalue weighted by Gasteiger charge is 2.36. The lowest BCUT2D eigenvalue weighted by Gasteiger charge is -2.34. The Hall–Kier alpha value is -3.02. The molecule has 0 saturated heterocycles. The van der Waals surface area contributed by atoms with Crippen LogP contribution in [0.5, 0.6) is 11.5 Å². The number of ether oxygens (including phenoxy) is 2. The summed E-state index contributed by atoms with van der Waals surface area (Å²) in [5.74, 6) is -0.210. The second-order valence-corrected chi connectivity index (χ2v) is 6.40. The summed E-state index contributed by atoms with van der Waals surface area (Å²) in [6.45, 7) is 1.46. The zero-order chi connectivity index (χ0) is 18.1. The molecule has 2 aliphatic rings. The van der Waals surface area contributed by atoms with Crippen LogP contribution in [0.3, 0.4) is 0 Å². The molecule has 2 heterocycles. The molecule has 2 aromatic carbocycles. The first kappa shape index (κ1) is 16.4. The lowest BCUT2D eigenvalue weighted by atomic mass is 9.92. The molecule has 0 aromatic heterocycles. The maximum Gasteiger partial charge on any atom is 0.331 e. The van der Waals surface area contributed by atoms with Crippen molar-refractivity contribution < 1.29 is 24.2 Å². The molecule has 2 aliphatic heterocycles. The molecule has 1 N–H and O–H groups in total. The van der Waals surface area contributed by atoms with E-state index in [4.69, 9.17) is 9.47 Å². The van der Waals surface area contributed by atoms with Gasteiger partial charge in [0.1, 0.15) is 0 Å². The number of aliphatic carboxylic acids is 1. The van der Waals surface area contributed by atoms with Crippen molar-refractivity contribution in [3.05, 3.63) is 59.2 Å². The summed E-state index contributed by atoms with van der Waals surface area (Å²) < 4.78 is 11.2. The van der Waals surface area contributed by atoms with Gasteiger partial charge in [-0.3, -0.25) is 4.79 Å². The highest BCUT2D eigenvalue weighted by Crippen LogP contribution is 2.34. The van der Waals surface area contributed by atoms with Gasteiger partial charge in [-0.1, -0.05) is 24.3 Å². The smallest absolute Gasteiger partial charge is 0.331 e. The third-order valence-electron chi connectivity index (χ3n) is 4.77. The average Bonchev–Trinajstić information content (AvgIpc) is 2.91.